The molecule has 0 aliphatic carbocycles. The third-order valence-electron chi connectivity index (χ3n) is 6.59. The van der Waals surface area contributed by atoms with Crippen LogP contribution < -0.4 is 24.6 Å². The molecule has 13 nitrogen and oxygen atoms in total. The molecule has 0 bridgehead atoms. The van der Waals surface area contributed by atoms with Crippen LogP contribution in [0.25, 0.3) is 0 Å². The van der Waals surface area contributed by atoms with Gasteiger partial charge in [0.2, 0.25) is 0 Å². The van der Waals surface area contributed by atoms with Gasteiger partial charge in [-0.25, -0.2) is 13.2 Å². The molecule has 0 saturated carbocycles. The van der Waals surface area contributed by atoms with Gasteiger partial charge in [-0.05, 0) is 59.7 Å². The lowest BCUT2D eigenvalue weighted by molar-refractivity contribution is -0.175. The number of nitrogens with zero attached hydrogens (tertiary/aromatic N) is 4. The molecule has 1 atom stereocenters. The van der Waals surface area contributed by atoms with E-state index in [9.17, 15) is 41.4 Å². The van der Waals surface area contributed by atoms with Crippen molar-refractivity contribution in [3.05, 3.63) is 24.4 Å². The number of aliphatic hydroxyl groups is 1. The summed E-state index contributed by atoms with van der Waals surface area (Å²) in [7, 11) is -4.49. The van der Waals surface area contributed by atoms with E-state index in [1.54, 1.807) is 13.8 Å². The average Bonchev–Trinajstić information content (AvgIpc) is 3.29. The summed E-state index contributed by atoms with van der Waals surface area (Å²) in [6.45, 7) is 7.42. The van der Waals surface area contributed by atoms with E-state index in [0.29, 0.717) is 26.9 Å². The maximum Gasteiger partial charge on any atom is 0.412 e. The van der Waals surface area contributed by atoms with Crippen LogP contribution in [-0.2, 0) is 21.4 Å². The number of halogens is 3. The van der Waals surface area contributed by atoms with Crippen LogP contribution in [0.3, 0.4) is 0 Å². The third kappa shape index (κ3) is 6.35. The summed E-state index contributed by atoms with van der Waals surface area (Å²) >= 11 is 0. The first kappa shape index (κ1) is 32.8. The van der Waals surface area contributed by atoms with Gasteiger partial charge >= 0.3 is 12.3 Å². The summed E-state index contributed by atoms with van der Waals surface area (Å²) in [6.07, 6.45) is -6.57. The predicted molar refractivity (Wildman–Crippen MR) is 147 cm³/mol. The number of carboxylic acid groups (broad SMARTS) is 1. The topological polar surface area (TPSA) is 166 Å². The summed E-state index contributed by atoms with van der Waals surface area (Å²) in [5, 5.41) is 29.3. The number of benzene rings is 1. The Labute approximate surface area is 241 Å². The number of anilines is 3. The molecule has 2 amide bonds. The molecule has 0 fully saturated rings. The van der Waals surface area contributed by atoms with E-state index in [2.05, 4.69) is 15.7 Å². The highest BCUT2D eigenvalue weighted by Gasteiger charge is 2.54. The Hall–Kier alpha value is -3.73. The molecule has 42 heavy (non-hydrogen) atoms. The molecular weight excluding hydrogens is 585 g/mol. The number of aryl methyl sites for hydroxylation is 1. The summed E-state index contributed by atoms with van der Waals surface area (Å²) in [4.78, 5) is 24.2. The van der Waals surface area contributed by atoms with Crippen molar-refractivity contribution in [3.63, 3.8) is 0 Å². The molecule has 0 unspecified atom stereocenters. The monoisotopic (exact) mass is 620 g/mol. The number of carbonyl (C=O) groups is 2. The second-order valence-electron chi connectivity index (χ2n) is 10.6. The van der Waals surface area contributed by atoms with Gasteiger partial charge in [0.1, 0.15) is 27.9 Å². The smallest absolute Gasteiger partial charge is 0.412 e. The van der Waals surface area contributed by atoms with Crippen molar-refractivity contribution in [2.45, 2.75) is 76.4 Å². The Morgan fingerprint density at radius 2 is 1.83 bits per heavy atom. The maximum atomic E-state index is 14.1. The third-order valence-corrected chi connectivity index (χ3v) is 8.37. The van der Waals surface area contributed by atoms with Crippen LogP contribution >= 0.6 is 0 Å². The van der Waals surface area contributed by atoms with Crippen molar-refractivity contribution >= 4 is 39.2 Å². The largest absolute Gasteiger partial charge is 0.484 e. The molecule has 0 radical (unpaired) electrons. The van der Waals surface area contributed by atoms with Crippen molar-refractivity contribution < 1.29 is 46.1 Å². The molecular formula is C25H35F3N6O7S. The molecule has 1 aliphatic heterocycles. The second-order valence-corrected chi connectivity index (χ2v) is 12.4. The number of amides is 2. The molecule has 0 saturated heterocycles. The number of carbonyl (C=O) groups excluding carboxylic acids is 1. The molecule has 1 aliphatic rings. The summed E-state index contributed by atoms with van der Waals surface area (Å²) < 4.78 is 78.1. The number of aromatic nitrogens is 2. The molecule has 3 rings (SSSR count). The SMILES string of the molecule is CCNc1nn(CC)cc1S(=O)(=O)N1C[C@H](CNC(=O)C(C)(C)O)Oc2ccc(N(C(=O)O)C(C)(C)C(F)(F)F)cc21. The Bertz CT molecular complexity index is 1440. The normalized spacial score (nSPS) is 16.0. The Morgan fingerprint density at radius 1 is 1.19 bits per heavy atom. The van der Waals surface area contributed by atoms with Gasteiger partial charge in [-0.1, -0.05) is 0 Å². The minimum absolute atomic E-state index is 0.0424. The lowest BCUT2D eigenvalue weighted by atomic mass is 10.0. The fraction of sp³-hybridized carbons (Fsp3) is 0.560. The first-order valence-corrected chi connectivity index (χ1v) is 14.4. The number of hydrogen-bond acceptors (Lipinski definition) is 8. The number of hydrogen-bond donors (Lipinski definition) is 4. The Morgan fingerprint density at radius 3 is 2.36 bits per heavy atom. The number of ether oxygens (including phenoxy) is 1. The first-order valence-electron chi connectivity index (χ1n) is 13.0. The number of nitrogens with one attached hydrogen (secondary N) is 2. The van der Waals surface area contributed by atoms with E-state index in [-0.39, 0.29) is 33.6 Å². The molecule has 4 N–H and O–H groups in total. The number of rotatable bonds is 10. The van der Waals surface area contributed by atoms with E-state index in [1.807, 2.05) is 0 Å². The van der Waals surface area contributed by atoms with Crippen molar-refractivity contribution in [3.8, 4) is 5.75 Å². The van der Waals surface area contributed by atoms with Crippen LogP contribution in [0.2, 0.25) is 0 Å². The van der Waals surface area contributed by atoms with Gasteiger partial charge in [-0.15, -0.1) is 0 Å². The zero-order valence-corrected chi connectivity index (χ0v) is 24.8. The fourth-order valence-electron chi connectivity index (χ4n) is 4.16. The van der Waals surface area contributed by atoms with Crippen LogP contribution in [0.15, 0.2) is 29.3 Å². The number of sulfonamides is 1. The van der Waals surface area contributed by atoms with Crippen LogP contribution in [0, 0.1) is 0 Å². The van der Waals surface area contributed by atoms with Crippen molar-refractivity contribution in [1.29, 1.82) is 0 Å². The Kier molecular flexibility index (Phi) is 8.98. The number of alkyl halides is 3. The zero-order chi connectivity index (χ0) is 31.8. The minimum Gasteiger partial charge on any atom is -0.484 e. The van der Waals surface area contributed by atoms with Crippen LogP contribution in [-0.4, -0.2) is 83.5 Å². The number of fused-ring (bicyclic) bond motifs is 1. The van der Waals surface area contributed by atoms with Gasteiger partial charge in [0, 0.05) is 19.3 Å². The molecule has 2 aromatic rings. The van der Waals surface area contributed by atoms with Crippen molar-refractivity contribution in [2.75, 3.05) is 34.2 Å². The summed E-state index contributed by atoms with van der Waals surface area (Å²) in [5.41, 5.74) is -5.27. The predicted octanol–water partition coefficient (Wildman–Crippen LogP) is 3.00. The average molecular weight is 621 g/mol. The van der Waals surface area contributed by atoms with Crippen molar-refractivity contribution in [1.82, 2.24) is 15.1 Å². The quantitative estimate of drug-likeness (QED) is 0.312. The summed E-state index contributed by atoms with van der Waals surface area (Å²) in [5.74, 6) is -0.785. The van der Waals surface area contributed by atoms with Gasteiger partial charge in [-0.2, -0.15) is 18.3 Å². The van der Waals surface area contributed by atoms with E-state index in [1.165, 1.54) is 30.8 Å². The molecule has 0 spiro atoms. The molecule has 234 valence electrons. The van der Waals surface area contributed by atoms with E-state index in [0.717, 1.165) is 16.4 Å². The minimum atomic E-state index is -4.97. The molecule has 17 heteroatoms. The zero-order valence-electron chi connectivity index (χ0n) is 24.0. The van der Waals surface area contributed by atoms with E-state index >= 15 is 0 Å². The summed E-state index contributed by atoms with van der Waals surface area (Å²) in [6, 6.07) is 3.24. The van der Waals surface area contributed by atoms with Gasteiger partial charge in [0.15, 0.2) is 5.82 Å². The molecule has 1 aromatic heterocycles. The standard InChI is InChI=1S/C25H35F3N6O7S/c1-7-29-20-19(14-32(8-2)31-20)42(39,40)33-13-16(12-30-21(35)23(3,4)38)41-18-10-9-15(11-17(18)33)34(22(36)37)24(5,6)25(26,27)28/h9-11,14,16,38H,7-8,12-13H2,1-6H3,(H,29,31)(H,30,35)(H,36,37)/t16-/m0/s1. The van der Waals surface area contributed by atoms with E-state index in [4.69, 9.17) is 4.74 Å². The van der Waals surface area contributed by atoms with Gasteiger partial charge in [0.25, 0.3) is 15.9 Å². The van der Waals surface area contributed by atoms with Gasteiger partial charge in [0.05, 0.1) is 24.5 Å². The van der Waals surface area contributed by atoms with Crippen LogP contribution in [0.4, 0.5) is 35.2 Å². The highest BCUT2D eigenvalue weighted by Crippen LogP contribution is 2.44. The van der Waals surface area contributed by atoms with Crippen LogP contribution in [0.1, 0.15) is 41.5 Å². The second kappa shape index (κ2) is 11.5. The molecule has 1 aromatic carbocycles. The Balaban J connectivity index is 2.18. The molecule has 2 heterocycles. The lowest BCUT2D eigenvalue weighted by Crippen LogP contribution is -2.57. The van der Waals surface area contributed by atoms with E-state index < -0.39 is 57.7 Å². The van der Waals surface area contributed by atoms with Crippen LogP contribution in [0.5, 0.6) is 5.75 Å². The maximum absolute atomic E-state index is 14.1. The first-order chi connectivity index (χ1) is 19.2. The van der Waals surface area contributed by atoms with Gasteiger partial charge < -0.3 is 25.6 Å². The van der Waals surface area contributed by atoms with Gasteiger partial charge in [-0.3, -0.25) is 18.7 Å². The lowest BCUT2D eigenvalue weighted by Gasteiger charge is -2.39. The van der Waals surface area contributed by atoms with Crippen molar-refractivity contribution in [2.24, 2.45) is 0 Å². The highest BCUT2D eigenvalue weighted by molar-refractivity contribution is 7.93. The highest BCUT2D eigenvalue weighted by atomic mass is 32.2. The fourth-order valence-corrected chi connectivity index (χ4v) is 5.77.